The molecule has 1 aromatic carbocycles. The topological polar surface area (TPSA) is 62.3 Å². The van der Waals surface area contributed by atoms with Crippen molar-refractivity contribution >= 4 is 17.6 Å². The first-order valence-corrected chi connectivity index (χ1v) is 5.26. The average Bonchev–Trinajstić information content (AvgIpc) is 2.71. The number of hydrogen-bond donors (Lipinski definition) is 2. The lowest BCUT2D eigenvalue weighted by atomic mass is 10.1. The van der Waals surface area contributed by atoms with Crippen LogP contribution < -0.4 is 0 Å². The van der Waals surface area contributed by atoms with Crippen LogP contribution in [0.15, 0.2) is 30.3 Å². The number of halogens is 1. The first-order valence-electron chi connectivity index (χ1n) is 4.88. The van der Waals surface area contributed by atoms with Crippen molar-refractivity contribution in [1.29, 1.82) is 0 Å². The molecule has 2 aromatic rings. The highest BCUT2D eigenvalue weighted by Crippen LogP contribution is 2.30. The summed E-state index contributed by atoms with van der Waals surface area (Å²) in [6.45, 7) is 0. The fraction of sp³-hybridized carbons (Fsp3) is 0.0833. The van der Waals surface area contributed by atoms with E-state index in [0.717, 1.165) is 5.56 Å². The minimum absolute atomic E-state index is 0.00674. The van der Waals surface area contributed by atoms with Crippen molar-refractivity contribution in [1.82, 2.24) is 4.98 Å². The minimum Gasteiger partial charge on any atom is -0.506 e. The molecule has 0 unspecified atom stereocenters. The highest BCUT2D eigenvalue weighted by atomic mass is 35.5. The first kappa shape index (κ1) is 11.5. The van der Waals surface area contributed by atoms with Crippen LogP contribution in [0, 0.1) is 0 Å². The number of H-pyrrole nitrogens is 1. The number of ether oxygens (including phenoxy) is 1. The van der Waals surface area contributed by atoms with E-state index in [9.17, 15) is 9.90 Å². The number of carbonyl (C=O) groups excluding carboxylic acids is 1. The van der Waals surface area contributed by atoms with Gasteiger partial charge in [0, 0.05) is 16.7 Å². The third-order valence-electron chi connectivity index (χ3n) is 2.34. The summed E-state index contributed by atoms with van der Waals surface area (Å²) in [5.74, 6) is -0.534. The van der Waals surface area contributed by atoms with Gasteiger partial charge in [0.05, 0.1) is 12.8 Å². The van der Waals surface area contributed by atoms with Gasteiger partial charge in [-0.15, -0.1) is 0 Å². The van der Waals surface area contributed by atoms with Crippen LogP contribution in [0.5, 0.6) is 5.75 Å². The maximum Gasteiger partial charge on any atom is 0.354 e. The summed E-state index contributed by atoms with van der Waals surface area (Å²) in [7, 11) is 1.28. The van der Waals surface area contributed by atoms with Gasteiger partial charge in [0.1, 0.15) is 11.4 Å². The van der Waals surface area contributed by atoms with E-state index in [2.05, 4.69) is 9.72 Å². The molecule has 0 saturated heterocycles. The normalized spacial score (nSPS) is 10.2. The van der Waals surface area contributed by atoms with E-state index < -0.39 is 5.97 Å². The summed E-state index contributed by atoms with van der Waals surface area (Å²) < 4.78 is 4.56. The van der Waals surface area contributed by atoms with Crippen molar-refractivity contribution in [2.24, 2.45) is 0 Å². The zero-order valence-electron chi connectivity index (χ0n) is 9.03. The molecule has 0 aliphatic carbocycles. The second kappa shape index (κ2) is 4.51. The maximum atomic E-state index is 11.3. The number of hydrogen-bond acceptors (Lipinski definition) is 3. The summed E-state index contributed by atoms with van der Waals surface area (Å²) in [4.78, 5) is 14.1. The molecule has 0 atom stereocenters. The Labute approximate surface area is 103 Å². The summed E-state index contributed by atoms with van der Waals surface area (Å²) in [5, 5.41) is 10.3. The number of aromatic nitrogens is 1. The molecule has 1 heterocycles. The Morgan fingerprint density at radius 3 is 2.59 bits per heavy atom. The second-order valence-electron chi connectivity index (χ2n) is 3.44. The maximum absolute atomic E-state index is 11.3. The minimum atomic E-state index is -0.527. The molecule has 0 aliphatic heterocycles. The van der Waals surface area contributed by atoms with Gasteiger partial charge in [-0.1, -0.05) is 23.7 Å². The monoisotopic (exact) mass is 251 g/mol. The summed E-state index contributed by atoms with van der Waals surface area (Å²) in [6, 6.07) is 8.23. The highest BCUT2D eigenvalue weighted by Gasteiger charge is 2.14. The number of aromatic amines is 1. The molecular weight excluding hydrogens is 242 g/mol. The van der Waals surface area contributed by atoms with Crippen molar-refractivity contribution in [2.75, 3.05) is 7.11 Å². The molecule has 0 radical (unpaired) electrons. The van der Waals surface area contributed by atoms with E-state index in [1.165, 1.54) is 13.2 Å². The molecule has 0 saturated carbocycles. The van der Waals surface area contributed by atoms with E-state index in [4.69, 9.17) is 11.6 Å². The fourth-order valence-corrected chi connectivity index (χ4v) is 1.63. The van der Waals surface area contributed by atoms with Gasteiger partial charge in [-0.05, 0) is 12.1 Å². The first-order chi connectivity index (χ1) is 8.11. The van der Waals surface area contributed by atoms with Crippen molar-refractivity contribution in [3.63, 3.8) is 0 Å². The molecular formula is C12H10ClNO3. The summed E-state index contributed by atoms with van der Waals surface area (Å²) >= 11 is 5.77. The van der Waals surface area contributed by atoms with Crippen LogP contribution in [-0.4, -0.2) is 23.2 Å². The van der Waals surface area contributed by atoms with E-state index in [1.807, 2.05) is 0 Å². The predicted molar refractivity (Wildman–Crippen MR) is 64.2 cm³/mol. The van der Waals surface area contributed by atoms with Gasteiger partial charge in [-0.25, -0.2) is 4.79 Å². The molecule has 5 heteroatoms. The molecule has 2 rings (SSSR count). The molecule has 4 nitrogen and oxygen atoms in total. The summed E-state index contributed by atoms with van der Waals surface area (Å²) in [6.07, 6.45) is 0. The van der Waals surface area contributed by atoms with Crippen LogP contribution in [0.1, 0.15) is 10.5 Å². The van der Waals surface area contributed by atoms with Gasteiger partial charge in [0.25, 0.3) is 0 Å². The zero-order chi connectivity index (χ0) is 12.4. The standard InChI is InChI=1S/C12H10ClNO3/c1-17-12(16)9-6-10(15)11(14-9)7-2-4-8(13)5-3-7/h2-6,14-15H,1H3. The van der Waals surface area contributed by atoms with Crippen LogP contribution in [0.4, 0.5) is 0 Å². The molecule has 0 spiro atoms. The molecule has 88 valence electrons. The van der Waals surface area contributed by atoms with Gasteiger partial charge in [-0.2, -0.15) is 0 Å². The number of rotatable bonds is 2. The van der Waals surface area contributed by atoms with Gasteiger partial charge in [0.2, 0.25) is 0 Å². The Balaban J connectivity index is 2.42. The number of methoxy groups -OCH3 is 1. The molecule has 0 amide bonds. The number of nitrogens with one attached hydrogen (secondary N) is 1. The van der Waals surface area contributed by atoms with Gasteiger partial charge < -0.3 is 14.8 Å². The smallest absolute Gasteiger partial charge is 0.354 e. The molecule has 2 N–H and O–H groups in total. The molecule has 0 bridgehead atoms. The fourth-order valence-electron chi connectivity index (χ4n) is 1.50. The van der Waals surface area contributed by atoms with E-state index in [1.54, 1.807) is 24.3 Å². The molecule has 17 heavy (non-hydrogen) atoms. The molecule has 0 aliphatic rings. The van der Waals surface area contributed by atoms with Crippen LogP contribution in [0.2, 0.25) is 5.02 Å². The number of aromatic hydroxyl groups is 1. The van der Waals surface area contributed by atoms with E-state index >= 15 is 0 Å². The Morgan fingerprint density at radius 2 is 2.00 bits per heavy atom. The number of esters is 1. The van der Waals surface area contributed by atoms with E-state index in [-0.39, 0.29) is 11.4 Å². The number of benzene rings is 1. The van der Waals surface area contributed by atoms with Crippen molar-refractivity contribution in [3.8, 4) is 17.0 Å². The third-order valence-corrected chi connectivity index (χ3v) is 2.59. The second-order valence-corrected chi connectivity index (χ2v) is 3.88. The van der Waals surface area contributed by atoms with Crippen molar-refractivity contribution in [3.05, 3.63) is 41.0 Å². The molecule has 0 fully saturated rings. The Kier molecular flexibility index (Phi) is 3.06. The Bertz CT molecular complexity index is 545. The van der Waals surface area contributed by atoms with Crippen LogP contribution in [-0.2, 0) is 4.74 Å². The van der Waals surface area contributed by atoms with Crippen LogP contribution in [0.3, 0.4) is 0 Å². The Hall–Kier alpha value is -1.94. The van der Waals surface area contributed by atoms with E-state index in [0.29, 0.717) is 10.7 Å². The molecule has 1 aromatic heterocycles. The van der Waals surface area contributed by atoms with Crippen LogP contribution in [0.25, 0.3) is 11.3 Å². The van der Waals surface area contributed by atoms with Gasteiger partial charge in [-0.3, -0.25) is 0 Å². The number of carbonyl (C=O) groups is 1. The third kappa shape index (κ3) is 2.26. The quantitative estimate of drug-likeness (QED) is 0.807. The largest absolute Gasteiger partial charge is 0.506 e. The van der Waals surface area contributed by atoms with Crippen molar-refractivity contribution in [2.45, 2.75) is 0 Å². The lowest BCUT2D eigenvalue weighted by Gasteiger charge is -1.99. The SMILES string of the molecule is COC(=O)c1cc(O)c(-c2ccc(Cl)cc2)[nH]1. The van der Waals surface area contributed by atoms with Crippen LogP contribution >= 0.6 is 11.6 Å². The van der Waals surface area contributed by atoms with Crippen molar-refractivity contribution < 1.29 is 14.6 Å². The lowest BCUT2D eigenvalue weighted by Crippen LogP contribution is -2.00. The summed E-state index contributed by atoms with van der Waals surface area (Å²) in [5.41, 5.74) is 1.40. The van der Waals surface area contributed by atoms with Gasteiger partial charge in [0.15, 0.2) is 0 Å². The predicted octanol–water partition coefficient (Wildman–Crippen LogP) is 2.83. The lowest BCUT2D eigenvalue weighted by molar-refractivity contribution is 0.0594. The Morgan fingerprint density at radius 1 is 1.35 bits per heavy atom. The average molecular weight is 252 g/mol. The highest BCUT2D eigenvalue weighted by molar-refractivity contribution is 6.30. The van der Waals surface area contributed by atoms with Gasteiger partial charge >= 0.3 is 5.97 Å². The zero-order valence-corrected chi connectivity index (χ0v) is 9.78.